The zero-order chi connectivity index (χ0) is 18.3. The van der Waals surface area contributed by atoms with E-state index in [2.05, 4.69) is 27.9 Å². The molecule has 1 aromatic carbocycles. The normalized spacial score (nSPS) is 12.4. The lowest BCUT2D eigenvalue weighted by Gasteiger charge is -2.29. The summed E-state index contributed by atoms with van der Waals surface area (Å²) in [4.78, 5) is 25.5. The van der Waals surface area contributed by atoms with Gasteiger partial charge in [0.05, 0.1) is 6.04 Å². The van der Waals surface area contributed by atoms with E-state index in [1.807, 2.05) is 31.2 Å². The molecule has 2 amide bonds. The van der Waals surface area contributed by atoms with Crippen molar-refractivity contribution in [1.29, 1.82) is 0 Å². The van der Waals surface area contributed by atoms with E-state index in [1.54, 1.807) is 25.7 Å². The fourth-order valence-corrected chi connectivity index (χ4v) is 2.64. The third-order valence-electron chi connectivity index (χ3n) is 3.28. The van der Waals surface area contributed by atoms with Gasteiger partial charge in [-0.05, 0) is 68.0 Å². The van der Waals surface area contributed by atoms with Crippen LogP contribution in [0.15, 0.2) is 24.3 Å². The highest BCUT2D eigenvalue weighted by Gasteiger charge is 2.21. The van der Waals surface area contributed by atoms with Crippen LogP contribution in [0.5, 0.6) is 0 Å². The highest BCUT2D eigenvalue weighted by molar-refractivity contribution is 14.1. The first kappa shape index (κ1) is 21.0. The molecule has 0 saturated carbocycles. The first-order valence-corrected chi connectivity index (χ1v) is 9.33. The molecule has 5 nitrogen and oxygen atoms in total. The largest absolute Gasteiger partial charge is 0.444 e. The number of hydrogen-bond acceptors (Lipinski definition) is 3. The van der Waals surface area contributed by atoms with Crippen molar-refractivity contribution in [3.05, 3.63) is 33.4 Å². The van der Waals surface area contributed by atoms with Crippen LogP contribution in [0.25, 0.3) is 0 Å². The molecule has 0 fully saturated rings. The van der Waals surface area contributed by atoms with Crippen LogP contribution in [0, 0.1) is 3.57 Å². The zero-order valence-corrected chi connectivity index (χ0v) is 17.3. The number of nitrogens with one attached hydrogen (secondary N) is 1. The summed E-state index contributed by atoms with van der Waals surface area (Å²) in [6.07, 6.45) is -0.498. The Balaban J connectivity index is 2.67. The minimum atomic E-state index is -0.551. The quantitative estimate of drug-likeness (QED) is 0.510. The van der Waals surface area contributed by atoms with Gasteiger partial charge in [-0.15, -0.1) is 11.6 Å². The van der Waals surface area contributed by atoms with Gasteiger partial charge in [-0.2, -0.15) is 0 Å². The predicted octanol–water partition coefficient (Wildman–Crippen LogP) is 3.94. The number of alkyl halides is 1. The summed E-state index contributed by atoms with van der Waals surface area (Å²) in [5, 5.41) is 2.66. The number of rotatable bonds is 6. The highest BCUT2D eigenvalue weighted by Crippen LogP contribution is 2.21. The number of hydrogen-bond donors (Lipinski definition) is 1. The van der Waals surface area contributed by atoms with E-state index in [-0.39, 0.29) is 17.8 Å². The summed E-state index contributed by atoms with van der Waals surface area (Å²) in [7, 11) is 0. The van der Waals surface area contributed by atoms with Crippen molar-refractivity contribution in [1.82, 2.24) is 10.2 Å². The Labute approximate surface area is 162 Å². The molecule has 0 aliphatic carbocycles. The summed E-state index contributed by atoms with van der Waals surface area (Å²) in [5.41, 5.74) is 0.468. The predicted molar refractivity (Wildman–Crippen MR) is 104 cm³/mol. The van der Waals surface area contributed by atoms with Gasteiger partial charge in [0.2, 0.25) is 5.91 Å². The molecule has 0 aliphatic rings. The number of halogens is 2. The van der Waals surface area contributed by atoms with Gasteiger partial charge < -0.3 is 15.0 Å². The van der Waals surface area contributed by atoms with Gasteiger partial charge in [0.25, 0.3) is 0 Å². The van der Waals surface area contributed by atoms with Crippen LogP contribution >= 0.6 is 34.2 Å². The van der Waals surface area contributed by atoms with Crippen molar-refractivity contribution in [3.8, 4) is 0 Å². The average Bonchev–Trinajstić information content (AvgIpc) is 2.49. The standard InChI is InChI=1S/C17H24ClIN2O3/c1-12(13-5-7-14(19)8-6-13)21(15(22)11-18)10-9-20-16(23)24-17(2,3)4/h5-8,12H,9-11H2,1-4H3,(H,20,23)/t12-/m0/s1. The average molecular weight is 467 g/mol. The van der Waals surface area contributed by atoms with Crippen molar-refractivity contribution in [2.75, 3.05) is 19.0 Å². The van der Waals surface area contributed by atoms with Gasteiger partial charge in [-0.3, -0.25) is 4.79 Å². The summed E-state index contributed by atoms with van der Waals surface area (Å²) in [6, 6.07) is 7.84. The van der Waals surface area contributed by atoms with Crippen LogP contribution in [0.2, 0.25) is 0 Å². The van der Waals surface area contributed by atoms with Gasteiger partial charge in [0.1, 0.15) is 11.5 Å². The number of carbonyl (C=O) groups excluding carboxylic acids is 2. The van der Waals surface area contributed by atoms with Crippen LogP contribution in [-0.4, -0.2) is 41.5 Å². The highest BCUT2D eigenvalue weighted by atomic mass is 127. The second kappa shape index (κ2) is 9.46. The van der Waals surface area contributed by atoms with Gasteiger partial charge in [0.15, 0.2) is 0 Å². The third-order valence-corrected chi connectivity index (χ3v) is 4.22. The van der Waals surface area contributed by atoms with Crippen LogP contribution in [0.4, 0.5) is 4.79 Å². The number of ether oxygens (including phenoxy) is 1. The van der Waals surface area contributed by atoms with E-state index in [9.17, 15) is 9.59 Å². The first-order valence-electron chi connectivity index (χ1n) is 7.72. The molecular weight excluding hydrogens is 443 g/mol. The molecule has 1 aromatic rings. The van der Waals surface area contributed by atoms with Crippen LogP contribution in [0.3, 0.4) is 0 Å². The Morgan fingerprint density at radius 1 is 1.29 bits per heavy atom. The molecule has 0 saturated heterocycles. The Bertz CT molecular complexity index is 558. The monoisotopic (exact) mass is 466 g/mol. The number of nitrogens with zero attached hydrogens (tertiary/aromatic N) is 1. The zero-order valence-electron chi connectivity index (χ0n) is 14.4. The Hall–Kier alpha value is -1.02. The Morgan fingerprint density at radius 2 is 1.88 bits per heavy atom. The molecule has 0 bridgehead atoms. The minimum absolute atomic E-state index is 0.0961. The molecule has 134 valence electrons. The van der Waals surface area contributed by atoms with Crippen molar-refractivity contribution < 1.29 is 14.3 Å². The molecule has 24 heavy (non-hydrogen) atoms. The van der Waals surface area contributed by atoms with Gasteiger partial charge >= 0.3 is 6.09 Å². The molecular formula is C17H24ClIN2O3. The molecule has 7 heteroatoms. The fourth-order valence-electron chi connectivity index (χ4n) is 2.12. The molecule has 0 spiro atoms. The van der Waals surface area contributed by atoms with Crippen molar-refractivity contribution in [2.45, 2.75) is 39.3 Å². The number of carbonyl (C=O) groups is 2. The third kappa shape index (κ3) is 7.25. The van der Waals surface area contributed by atoms with Gasteiger partial charge in [-0.25, -0.2) is 4.79 Å². The summed E-state index contributed by atoms with van der Waals surface area (Å²) in [5.74, 6) is -0.269. The number of benzene rings is 1. The SMILES string of the molecule is C[C@@H](c1ccc(I)cc1)N(CCNC(=O)OC(C)(C)C)C(=O)CCl. The lowest BCUT2D eigenvalue weighted by molar-refractivity contribution is -0.130. The Kier molecular flexibility index (Phi) is 8.29. The molecule has 1 atom stereocenters. The second-order valence-corrected chi connectivity index (χ2v) is 7.89. The molecule has 1 rings (SSSR count). The first-order chi connectivity index (χ1) is 11.1. The summed E-state index contributed by atoms with van der Waals surface area (Å²) < 4.78 is 6.31. The van der Waals surface area contributed by atoms with E-state index in [1.165, 1.54) is 0 Å². The molecule has 0 aliphatic heterocycles. The maximum absolute atomic E-state index is 12.1. The summed E-state index contributed by atoms with van der Waals surface area (Å²) in [6.45, 7) is 8.00. The van der Waals surface area contributed by atoms with E-state index in [0.717, 1.165) is 9.13 Å². The van der Waals surface area contributed by atoms with E-state index in [0.29, 0.717) is 13.1 Å². The topological polar surface area (TPSA) is 58.6 Å². The smallest absolute Gasteiger partial charge is 0.407 e. The summed E-state index contributed by atoms with van der Waals surface area (Å²) >= 11 is 7.96. The van der Waals surface area contributed by atoms with E-state index < -0.39 is 11.7 Å². The number of amides is 2. The van der Waals surface area contributed by atoms with E-state index >= 15 is 0 Å². The second-order valence-electron chi connectivity index (χ2n) is 6.38. The number of alkyl carbamates (subject to hydrolysis) is 1. The molecule has 0 heterocycles. The minimum Gasteiger partial charge on any atom is -0.444 e. The maximum atomic E-state index is 12.1. The molecule has 0 unspecified atom stereocenters. The lowest BCUT2D eigenvalue weighted by atomic mass is 10.1. The maximum Gasteiger partial charge on any atom is 0.407 e. The van der Waals surface area contributed by atoms with Crippen molar-refractivity contribution in [2.24, 2.45) is 0 Å². The van der Waals surface area contributed by atoms with Gasteiger partial charge in [-0.1, -0.05) is 12.1 Å². The fraction of sp³-hybridized carbons (Fsp3) is 0.529. The Morgan fingerprint density at radius 3 is 2.38 bits per heavy atom. The van der Waals surface area contributed by atoms with Crippen LogP contribution in [0.1, 0.15) is 39.3 Å². The van der Waals surface area contributed by atoms with Gasteiger partial charge in [0, 0.05) is 16.7 Å². The van der Waals surface area contributed by atoms with Crippen molar-refractivity contribution in [3.63, 3.8) is 0 Å². The molecule has 0 aromatic heterocycles. The molecule has 1 N–H and O–H groups in total. The van der Waals surface area contributed by atoms with E-state index in [4.69, 9.17) is 16.3 Å². The lowest BCUT2D eigenvalue weighted by Crippen LogP contribution is -2.41. The van der Waals surface area contributed by atoms with Crippen molar-refractivity contribution >= 4 is 46.2 Å². The van der Waals surface area contributed by atoms with Crippen LogP contribution in [-0.2, 0) is 9.53 Å². The van der Waals surface area contributed by atoms with Crippen LogP contribution < -0.4 is 5.32 Å². The molecule has 0 radical (unpaired) electrons.